The van der Waals surface area contributed by atoms with Gasteiger partial charge in [-0.15, -0.1) is 0 Å². The molecule has 0 unspecified atom stereocenters. The molecule has 0 spiro atoms. The van der Waals surface area contributed by atoms with Crippen molar-refractivity contribution in [2.45, 2.75) is 6.04 Å². The lowest BCUT2D eigenvalue weighted by Gasteiger charge is -2.26. The number of hydrogen-bond acceptors (Lipinski definition) is 7. The van der Waals surface area contributed by atoms with E-state index in [9.17, 15) is 14.7 Å². The summed E-state index contributed by atoms with van der Waals surface area (Å²) in [7, 11) is 4.59. The number of ether oxygens (including phenoxy) is 3. The highest BCUT2D eigenvalue weighted by Gasteiger charge is 2.31. The number of carbonyl (C=O) groups excluding carboxylic acids is 1. The van der Waals surface area contributed by atoms with Crippen molar-refractivity contribution in [2.75, 3.05) is 32.0 Å². The first-order chi connectivity index (χ1) is 15.9. The summed E-state index contributed by atoms with van der Waals surface area (Å²) in [6.07, 6.45) is 2.89. The van der Waals surface area contributed by atoms with Gasteiger partial charge in [0.15, 0.2) is 0 Å². The van der Waals surface area contributed by atoms with Gasteiger partial charge in [0.25, 0.3) is 5.91 Å². The van der Waals surface area contributed by atoms with Crippen LogP contribution in [-0.2, 0) is 4.79 Å². The Bertz CT molecular complexity index is 1250. The molecule has 1 aliphatic heterocycles. The number of carboxylic acid groups (broad SMARTS) is 1. The van der Waals surface area contributed by atoms with Gasteiger partial charge in [-0.25, -0.2) is 9.48 Å². The zero-order valence-corrected chi connectivity index (χ0v) is 18.2. The number of rotatable bonds is 7. The number of allylic oxidation sites excluding steroid dienone is 1. The number of nitrogens with one attached hydrogen (secondary N) is 2. The molecule has 10 nitrogen and oxygen atoms in total. The van der Waals surface area contributed by atoms with Crippen molar-refractivity contribution in [3.05, 3.63) is 71.6 Å². The van der Waals surface area contributed by atoms with E-state index >= 15 is 0 Å². The van der Waals surface area contributed by atoms with Gasteiger partial charge in [0.1, 0.15) is 40.4 Å². The molecule has 1 atom stereocenters. The summed E-state index contributed by atoms with van der Waals surface area (Å²) in [5.74, 6) is 0.287. The Labute approximate surface area is 189 Å². The van der Waals surface area contributed by atoms with Crippen molar-refractivity contribution in [2.24, 2.45) is 0 Å². The van der Waals surface area contributed by atoms with Crippen molar-refractivity contribution in [1.82, 2.24) is 9.78 Å². The van der Waals surface area contributed by atoms with Crippen LogP contribution in [0, 0.1) is 0 Å². The maximum atomic E-state index is 13.0. The average molecular weight is 450 g/mol. The van der Waals surface area contributed by atoms with Crippen LogP contribution in [0.2, 0.25) is 0 Å². The summed E-state index contributed by atoms with van der Waals surface area (Å²) >= 11 is 0. The molecular formula is C23H22N4O6. The van der Waals surface area contributed by atoms with Gasteiger partial charge in [0.05, 0.1) is 27.5 Å². The van der Waals surface area contributed by atoms with E-state index in [2.05, 4.69) is 15.7 Å². The number of hydrogen-bond donors (Lipinski definition) is 3. The lowest BCUT2D eigenvalue weighted by Crippen LogP contribution is -2.26. The van der Waals surface area contributed by atoms with E-state index in [1.807, 2.05) is 0 Å². The molecule has 0 fully saturated rings. The summed E-state index contributed by atoms with van der Waals surface area (Å²) in [6, 6.07) is 11.4. The summed E-state index contributed by atoms with van der Waals surface area (Å²) in [5.41, 5.74) is 1.24. The molecule has 0 radical (unpaired) electrons. The number of anilines is 2. The maximum absolute atomic E-state index is 13.0. The van der Waals surface area contributed by atoms with Crippen LogP contribution in [0.1, 0.15) is 22.0 Å². The van der Waals surface area contributed by atoms with Gasteiger partial charge < -0.3 is 30.0 Å². The lowest BCUT2D eigenvalue weighted by molar-refractivity contribution is -0.132. The van der Waals surface area contributed by atoms with Gasteiger partial charge >= 0.3 is 5.97 Å². The van der Waals surface area contributed by atoms with Crippen molar-refractivity contribution >= 4 is 23.4 Å². The molecule has 2 heterocycles. The molecule has 0 aliphatic carbocycles. The topological polar surface area (TPSA) is 124 Å². The normalized spacial score (nSPS) is 14.4. The molecule has 2 aromatic carbocycles. The molecule has 1 amide bonds. The standard InChI is InChI=1S/C23H22N4O6/c1-31-14-6-4-5-13(9-14)25-22(28)17-12-24-27-19(11-18(23(29)30)26-21(17)27)16-10-15(32-2)7-8-20(16)33-3/h4-12,19,26H,1-3H3,(H,25,28)(H,29,30)/t19-/m1/s1. The zero-order chi connectivity index (χ0) is 23.5. The third-order valence-electron chi connectivity index (χ3n) is 5.19. The molecule has 170 valence electrons. The van der Waals surface area contributed by atoms with E-state index in [0.717, 1.165) is 0 Å². The van der Waals surface area contributed by atoms with Gasteiger partial charge in [-0.3, -0.25) is 4.79 Å². The summed E-state index contributed by atoms with van der Waals surface area (Å²) in [5, 5.41) is 19.6. The van der Waals surface area contributed by atoms with E-state index in [0.29, 0.717) is 28.5 Å². The first kappa shape index (κ1) is 21.8. The molecule has 10 heteroatoms. The van der Waals surface area contributed by atoms with Crippen molar-refractivity contribution in [3.8, 4) is 17.2 Å². The fourth-order valence-electron chi connectivity index (χ4n) is 3.58. The van der Waals surface area contributed by atoms with Crippen LogP contribution in [0.25, 0.3) is 0 Å². The van der Waals surface area contributed by atoms with Gasteiger partial charge in [0.2, 0.25) is 0 Å². The molecule has 4 rings (SSSR count). The van der Waals surface area contributed by atoms with E-state index in [-0.39, 0.29) is 17.1 Å². The minimum Gasteiger partial charge on any atom is -0.497 e. The fourth-order valence-corrected chi connectivity index (χ4v) is 3.58. The summed E-state index contributed by atoms with van der Waals surface area (Å²) in [4.78, 5) is 24.9. The molecular weight excluding hydrogens is 428 g/mol. The van der Waals surface area contributed by atoms with Crippen molar-refractivity contribution < 1.29 is 28.9 Å². The Balaban J connectivity index is 1.76. The van der Waals surface area contributed by atoms with Crippen LogP contribution in [0.4, 0.5) is 11.5 Å². The minimum atomic E-state index is -1.17. The molecule has 0 bridgehead atoms. The van der Waals surface area contributed by atoms with Crippen LogP contribution in [-0.4, -0.2) is 48.1 Å². The van der Waals surface area contributed by atoms with Gasteiger partial charge in [0, 0.05) is 17.3 Å². The largest absolute Gasteiger partial charge is 0.497 e. The number of carboxylic acids is 1. The first-order valence-corrected chi connectivity index (χ1v) is 9.92. The third-order valence-corrected chi connectivity index (χ3v) is 5.19. The molecule has 0 saturated heterocycles. The van der Waals surface area contributed by atoms with Crippen molar-refractivity contribution in [3.63, 3.8) is 0 Å². The Kier molecular flexibility index (Phi) is 5.90. The van der Waals surface area contributed by atoms with E-state index in [4.69, 9.17) is 14.2 Å². The van der Waals surface area contributed by atoms with E-state index in [1.165, 1.54) is 38.3 Å². The number of benzene rings is 2. The highest BCUT2D eigenvalue weighted by Crippen LogP contribution is 2.38. The Morgan fingerprint density at radius 3 is 2.52 bits per heavy atom. The number of carbonyl (C=O) groups is 2. The molecule has 1 aromatic heterocycles. The van der Waals surface area contributed by atoms with Gasteiger partial charge in [-0.2, -0.15) is 5.10 Å². The predicted molar refractivity (Wildman–Crippen MR) is 120 cm³/mol. The quantitative estimate of drug-likeness (QED) is 0.502. The molecule has 1 aliphatic rings. The van der Waals surface area contributed by atoms with Gasteiger partial charge in [-0.1, -0.05) is 6.07 Å². The number of nitrogens with zero attached hydrogens (tertiary/aromatic N) is 2. The minimum absolute atomic E-state index is 0.0895. The molecule has 33 heavy (non-hydrogen) atoms. The molecule has 3 N–H and O–H groups in total. The van der Waals surface area contributed by atoms with Crippen LogP contribution in [0.15, 0.2) is 60.4 Å². The van der Waals surface area contributed by atoms with E-state index < -0.39 is 17.9 Å². The van der Waals surface area contributed by atoms with Crippen LogP contribution in [0.5, 0.6) is 17.2 Å². The molecule has 3 aromatic rings. The second-order valence-corrected chi connectivity index (χ2v) is 7.10. The average Bonchev–Trinajstić information content (AvgIpc) is 3.27. The second kappa shape index (κ2) is 8.95. The maximum Gasteiger partial charge on any atom is 0.352 e. The Hall–Kier alpha value is -4.47. The van der Waals surface area contributed by atoms with Crippen LogP contribution in [0.3, 0.4) is 0 Å². The number of fused-ring (bicyclic) bond motifs is 1. The fraction of sp³-hybridized carbons (Fsp3) is 0.174. The van der Waals surface area contributed by atoms with Gasteiger partial charge in [-0.05, 0) is 36.4 Å². The predicted octanol–water partition coefficient (Wildman–Crippen LogP) is 3.14. The smallest absolute Gasteiger partial charge is 0.352 e. The summed E-state index contributed by atoms with van der Waals surface area (Å²) < 4.78 is 17.5. The number of methoxy groups -OCH3 is 3. The number of aliphatic carboxylic acids is 1. The summed E-state index contributed by atoms with van der Waals surface area (Å²) in [6.45, 7) is 0. The Morgan fingerprint density at radius 2 is 1.82 bits per heavy atom. The lowest BCUT2D eigenvalue weighted by atomic mass is 10.0. The number of amides is 1. The number of aromatic nitrogens is 2. The van der Waals surface area contributed by atoms with Crippen molar-refractivity contribution in [1.29, 1.82) is 0 Å². The first-order valence-electron chi connectivity index (χ1n) is 9.92. The monoisotopic (exact) mass is 450 g/mol. The zero-order valence-electron chi connectivity index (χ0n) is 18.2. The van der Waals surface area contributed by atoms with E-state index in [1.54, 1.807) is 42.5 Å². The Morgan fingerprint density at radius 1 is 1.06 bits per heavy atom. The van der Waals surface area contributed by atoms with Crippen LogP contribution >= 0.6 is 0 Å². The third kappa shape index (κ3) is 4.18. The highest BCUT2D eigenvalue weighted by molar-refractivity contribution is 6.08. The highest BCUT2D eigenvalue weighted by atomic mass is 16.5. The van der Waals surface area contributed by atoms with Crippen LogP contribution < -0.4 is 24.8 Å². The SMILES string of the molecule is COc1cccc(NC(=O)c2cnn3c2NC(C(=O)O)=C[C@@H]3c2cc(OC)ccc2OC)c1. The second-order valence-electron chi connectivity index (χ2n) is 7.10. The molecule has 0 saturated carbocycles.